The summed E-state index contributed by atoms with van der Waals surface area (Å²) in [7, 11) is 0. The van der Waals surface area contributed by atoms with E-state index in [-0.39, 0.29) is 22.7 Å². The highest BCUT2D eigenvalue weighted by atomic mass is 16.6. The van der Waals surface area contributed by atoms with Crippen LogP contribution < -0.4 is 5.43 Å². The third kappa shape index (κ3) is 3.11. The van der Waals surface area contributed by atoms with Gasteiger partial charge in [-0.1, -0.05) is 24.3 Å². The normalized spacial score (nSPS) is 13.5. The van der Waals surface area contributed by atoms with E-state index in [0.29, 0.717) is 11.1 Å². The molecule has 27 heavy (non-hydrogen) atoms. The minimum atomic E-state index is -0.784. The first kappa shape index (κ1) is 17.7. The van der Waals surface area contributed by atoms with E-state index in [1.165, 1.54) is 6.92 Å². The Morgan fingerprint density at radius 2 is 1.74 bits per heavy atom. The molecular formula is C17H12N4O6. The molecule has 2 aromatic rings. The molecule has 10 heteroatoms. The number of rotatable bonds is 5. The summed E-state index contributed by atoms with van der Waals surface area (Å²) in [6, 6.07) is 9.55. The lowest BCUT2D eigenvalue weighted by molar-refractivity contribution is -0.393. The molecule has 2 N–H and O–H groups in total. The number of aliphatic hydroxyl groups excluding tert-OH is 1. The Labute approximate surface area is 151 Å². The van der Waals surface area contributed by atoms with Crippen LogP contribution >= 0.6 is 0 Å². The summed E-state index contributed by atoms with van der Waals surface area (Å²) in [6.07, 6.45) is 0. The first-order valence-corrected chi connectivity index (χ1v) is 7.62. The second-order valence-electron chi connectivity index (χ2n) is 5.62. The van der Waals surface area contributed by atoms with E-state index in [2.05, 4.69) is 10.5 Å². The van der Waals surface area contributed by atoms with E-state index in [1.54, 1.807) is 24.3 Å². The van der Waals surface area contributed by atoms with E-state index in [4.69, 9.17) is 0 Å². The zero-order valence-electron chi connectivity index (χ0n) is 13.9. The minimum absolute atomic E-state index is 0.0201. The molecule has 2 aromatic carbocycles. The number of ketones is 1. The van der Waals surface area contributed by atoms with Gasteiger partial charge >= 0.3 is 5.69 Å². The summed E-state index contributed by atoms with van der Waals surface area (Å²) in [4.78, 5) is 32.8. The molecule has 0 unspecified atom stereocenters. The maximum atomic E-state index is 12.4. The Balaban J connectivity index is 1.93. The highest BCUT2D eigenvalue weighted by molar-refractivity contribution is 6.35. The Hall–Kier alpha value is -4.08. The van der Waals surface area contributed by atoms with Crippen molar-refractivity contribution in [2.75, 3.05) is 5.43 Å². The summed E-state index contributed by atoms with van der Waals surface area (Å²) < 4.78 is 0. The molecule has 1 aliphatic carbocycles. The van der Waals surface area contributed by atoms with E-state index in [0.717, 1.165) is 18.2 Å². The lowest BCUT2D eigenvalue weighted by Crippen LogP contribution is -2.10. The van der Waals surface area contributed by atoms with Crippen molar-refractivity contribution in [3.8, 4) is 0 Å². The highest BCUT2D eigenvalue weighted by Gasteiger charge is 2.31. The Kier molecular flexibility index (Phi) is 4.38. The molecule has 0 saturated carbocycles. The van der Waals surface area contributed by atoms with Gasteiger partial charge in [-0.25, -0.2) is 0 Å². The first-order chi connectivity index (χ1) is 12.8. The van der Waals surface area contributed by atoms with Crippen molar-refractivity contribution in [2.45, 2.75) is 6.92 Å². The first-order valence-electron chi connectivity index (χ1n) is 7.62. The third-order valence-electron chi connectivity index (χ3n) is 3.99. The molecule has 0 aliphatic heterocycles. The maximum absolute atomic E-state index is 12.4. The number of allylic oxidation sites excluding steroid dienone is 1. The van der Waals surface area contributed by atoms with E-state index >= 15 is 0 Å². The fraction of sp³-hybridized carbons (Fsp3) is 0.0588. The number of nitro groups is 2. The van der Waals surface area contributed by atoms with Crippen molar-refractivity contribution in [1.29, 1.82) is 0 Å². The lowest BCUT2D eigenvalue weighted by Gasteiger charge is -2.05. The molecule has 0 spiro atoms. The Bertz CT molecular complexity index is 1060. The second-order valence-corrected chi connectivity index (χ2v) is 5.62. The number of anilines is 1. The van der Waals surface area contributed by atoms with Crippen LogP contribution in [0.4, 0.5) is 17.1 Å². The van der Waals surface area contributed by atoms with Crippen LogP contribution in [0.3, 0.4) is 0 Å². The molecule has 0 fully saturated rings. The van der Waals surface area contributed by atoms with E-state index in [9.17, 15) is 30.1 Å². The minimum Gasteiger partial charge on any atom is -0.506 e. The molecule has 0 saturated heterocycles. The number of carbonyl (C=O) groups excluding carboxylic acids is 1. The van der Waals surface area contributed by atoms with Crippen molar-refractivity contribution >= 4 is 34.3 Å². The SMILES string of the molecule is CC(=NNc1ccc([N+](=O)[O-])cc1[N+](=O)[O-])C1=C(O)c2ccccc2C1=O. The molecule has 0 amide bonds. The van der Waals surface area contributed by atoms with Crippen molar-refractivity contribution in [1.82, 2.24) is 0 Å². The van der Waals surface area contributed by atoms with Crippen LogP contribution in [-0.2, 0) is 0 Å². The number of hydrogen-bond donors (Lipinski definition) is 2. The highest BCUT2D eigenvalue weighted by Crippen LogP contribution is 2.32. The predicted molar refractivity (Wildman–Crippen MR) is 96.8 cm³/mol. The number of hydrogen-bond acceptors (Lipinski definition) is 8. The number of fused-ring (bicyclic) bond motifs is 1. The zero-order valence-corrected chi connectivity index (χ0v) is 13.9. The second kappa shape index (κ2) is 6.67. The average molecular weight is 368 g/mol. The van der Waals surface area contributed by atoms with Gasteiger partial charge in [0.05, 0.1) is 27.2 Å². The lowest BCUT2D eigenvalue weighted by atomic mass is 10.1. The van der Waals surface area contributed by atoms with Gasteiger partial charge in [-0.05, 0) is 13.0 Å². The third-order valence-corrected chi connectivity index (χ3v) is 3.99. The fourth-order valence-corrected chi connectivity index (χ4v) is 2.68. The van der Waals surface area contributed by atoms with Gasteiger partial charge in [0.2, 0.25) is 0 Å². The van der Waals surface area contributed by atoms with Crippen molar-refractivity contribution in [3.63, 3.8) is 0 Å². The molecule has 3 rings (SSSR count). The average Bonchev–Trinajstić information content (AvgIpc) is 2.90. The molecule has 0 bridgehead atoms. The molecule has 0 radical (unpaired) electrons. The number of aliphatic hydroxyl groups is 1. The number of nitrogens with zero attached hydrogens (tertiary/aromatic N) is 3. The van der Waals surface area contributed by atoms with Gasteiger partial charge in [0.25, 0.3) is 5.69 Å². The van der Waals surface area contributed by atoms with Crippen LogP contribution in [0.15, 0.2) is 53.1 Å². The monoisotopic (exact) mass is 368 g/mol. The van der Waals surface area contributed by atoms with Gasteiger partial charge in [-0.2, -0.15) is 5.10 Å². The van der Waals surface area contributed by atoms with Gasteiger partial charge in [0.1, 0.15) is 11.4 Å². The summed E-state index contributed by atoms with van der Waals surface area (Å²) >= 11 is 0. The largest absolute Gasteiger partial charge is 0.506 e. The topological polar surface area (TPSA) is 148 Å². The van der Waals surface area contributed by atoms with E-state index < -0.39 is 27.0 Å². The summed E-state index contributed by atoms with van der Waals surface area (Å²) in [5, 5.41) is 36.1. The van der Waals surface area contributed by atoms with Gasteiger partial charge in [0, 0.05) is 17.2 Å². The zero-order chi connectivity index (χ0) is 19.7. The Morgan fingerprint density at radius 3 is 2.33 bits per heavy atom. The number of nitrogens with one attached hydrogen (secondary N) is 1. The van der Waals surface area contributed by atoms with Gasteiger partial charge in [-0.15, -0.1) is 0 Å². The molecule has 1 aliphatic rings. The Morgan fingerprint density at radius 1 is 1.07 bits per heavy atom. The number of carbonyl (C=O) groups is 1. The quantitative estimate of drug-likeness (QED) is 0.466. The van der Waals surface area contributed by atoms with Crippen LogP contribution in [0, 0.1) is 20.2 Å². The van der Waals surface area contributed by atoms with Gasteiger partial charge in [0.15, 0.2) is 5.78 Å². The van der Waals surface area contributed by atoms with Crippen molar-refractivity contribution in [3.05, 3.63) is 79.4 Å². The molecular weight excluding hydrogens is 356 g/mol. The van der Waals surface area contributed by atoms with Crippen LogP contribution in [0.25, 0.3) is 5.76 Å². The van der Waals surface area contributed by atoms with Crippen LogP contribution in [-0.4, -0.2) is 26.4 Å². The molecule has 0 aromatic heterocycles. The molecule has 136 valence electrons. The summed E-state index contributed by atoms with van der Waals surface area (Å²) in [5.74, 6) is -0.638. The van der Waals surface area contributed by atoms with E-state index in [1.807, 2.05) is 0 Å². The van der Waals surface area contributed by atoms with Crippen LogP contribution in [0.5, 0.6) is 0 Å². The van der Waals surface area contributed by atoms with Crippen LogP contribution in [0.1, 0.15) is 22.8 Å². The molecule has 0 heterocycles. The number of hydrazone groups is 1. The summed E-state index contributed by atoms with van der Waals surface area (Å²) in [6.45, 7) is 1.46. The van der Waals surface area contributed by atoms with Crippen molar-refractivity contribution < 1.29 is 19.7 Å². The molecule has 10 nitrogen and oxygen atoms in total. The van der Waals surface area contributed by atoms with Crippen molar-refractivity contribution in [2.24, 2.45) is 5.10 Å². The van der Waals surface area contributed by atoms with Gasteiger partial charge in [-0.3, -0.25) is 30.4 Å². The standard InChI is InChI=1S/C17H12N4O6/c1-9(15-16(22)11-4-2-3-5-12(11)17(15)23)18-19-13-7-6-10(20(24)25)8-14(13)21(26)27/h2-8,19,22H,1H3. The number of non-ortho nitro benzene ring substituents is 1. The van der Waals surface area contributed by atoms with Gasteiger partial charge < -0.3 is 5.11 Å². The number of benzene rings is 2. The fourth-order valence-electron chi connectivity index (χ4n) is 2.68. The number of nitro benzene ring substituents is 2. The maximum Gasteiger partial charge on any atom is 0.301 e. The summed E-state index contributed by atoms with van der Waals surface area (Å²) in [5.41, 5.74) is 2.17. The predicted octanol–water partition coefficient (Wildman–Crippen LogP) is 3.46. The van der Waals surface area contributed by atoms with Crippen LogP contribution in [0.2, 0.25) is 0 Å². The smallest absolute Gasteiger partial charge is 0.301 e. The number of Topliss-reactive ketones (excluding diaryl/α,β-unsaturated/α-hetero) is 1. The molecule has 0 atom stereocenters.